The smallest absolute Gasteiger partial charge is 0.550 e. The van der Waals surface area contributed by atoms with Crippen molar-refractivity contribution in [2.45, 2.75) is 6.92 Å². The monoisotopic (exact) mass is 434 g/mol. The Hall–Kier alpha value is 2.74. The second-order valence-electron chi connectivity index (χ2n) is 0.870. The molecule has 0 rings (SSSR count). The summed E-state index contributed by atoms with van der Waals surface area (Å²) in [6.45, 7) is 0.972. The van der Waals surface area contributed by atoms with Crippen molar-refractivity contribution in [3.05, 3.63) is 0 Å². The van der Waals surface area contributed by atoms with Crippen LogP contribution < -0.4 is 23.7 Å². The fourth-order valence-corrected chi connectivity index (χ4v) is 0. The van der Waals surface area contributed by atoms with Gasteiger partial charge in [-0.2, -0.15) is 0 Å². The van der Waals surface area contributed by atoms with E-state index >= 15 is 0 Å². The molecule has 0 aromatic heterocycles. The van der Waals surface area contributed by atoms with Gasteiger partial charge < -0.3 is 9.90 Å². The normalized spacial score (nSPS) is 7.73. The molecule has 0 saturated carbocycles. The number of carboxylic acid groups (broad SMARTS) is 1. The Morgan fingerprint density at radius 3 is 1.09 bits per heavy atom. The molecule has 0 spiro atoms. The van der Waals surface area contributed by atoms with Gasteiger partial charge in [0.1, 0.15) is 0 Å². The summed E-state index contributed by atoms with van der Waals surface area (Å²) < 4.78 is 34.0. The molecular formula is C2H3Ba2ClO6+2. The molecule has 0 unspecified atom stereocenters. The molecule has 0 saturated heterocycles. The Labute approximate surface area is 146 Å². The van der Waals surface area contributed by atoms with E-state index in [0.717, 1.165) is 6.92 Å². The second kappa shape index (κ2) is 12.7. The van der Waals surface area contributed by atoms with Gasteiger partial charge in [-0.25, -0.2) is 18.6 Å². The minimum atomic E-state index is -4.94. The SMILES string of the molecule is CC(=O)[O-].[Ba+2].[Ba+2].[O-][Cl+3]([O-])([O-])[O-]. The minimum Gasteiger partial charge on any atom is -0.550 e. The van der Waals surface area contributed by atoms with E-state index in [0.29, 0.717) is 0 Å². The van der Waals surface area contributed by atoms with Crippen LogP contribution in [-0.2, 0) is 4.79 Å². The first-order chi connectivity index (χ1) is 3.73. The zero-order valence-corrected chi connectivity index (χ0v) is 15.4. The molecular weight excluding hydrogens is 430 g/mol. The Kier molecular flexibility index (Phi) is 27.2. The van der Waals surface area contributed by atoms with Crippen molar-refractivity contribution in [2.75, 3.05) is 0 Å². The quantitative estimate of drug-likeness (QED) is 0.349. The van der Waals surface area contributed by atoms with Crippen LogP contribution in [0.3, 0.4) is 0 Å². The predicted molar refractivity (Wildman–Crippen MR) is 22.2 cm³/mol. The number of aliphatic carboxylic acids is 1. The number of carbonyl (C=O) groups excluding carboxylic acids is 1. The molecule has 0 fully saturated rings. The van der Waals surface area contributed by atoms with Crippen LogP contribution in [0, 0.1) is 10.2 Å². The summed E-state index contributed by atoms with van der Waals surface area (Å²) in [5, 5.41) is 8.89. The molecule has 0 atom stereocenters. The minimum absolute atomic E-state index is 0. The Morgan fingerprint density at radius 2 is 1.09 bits per heavy atom. The fraction of sp³-hybridized carbons (Fsp3) is 0.500. The van der Waals surface area contributed by atoms with E-state index in [1.165, 1.54) is 0 Å². The summed E-state index contributed by atoms with van der Waals surface area (Å²) >= 11 is 0. The van der Waals surface area contributed by atoms with Crippen LogP contribution in [0.4, 0.5) is 0 Å². The third kappa shape index (κ3) is 195. The van der Waals surface area contributed by atoms with Crippen molar-refractivity contribution in [2.24, 2.45) is 0 Å². The van der Waals surface area contributed by atoms with E-state index in [9.17, 15) is 0 Å². The van der Waals surface area contributed by atoms with Crippen LogP contribution in [0.15, 0.2) is 0 Å². The molecule has 0 heterocycles. The molecule has 0 aliphatic carbocycles. The van der Waals surface area contributed by atoms with E-state index in [1.807, 2.05) is 0 Å². The van der Waals surface area contributed by atoms with Crippen LogP contribution in [0.25, 0.3) is 0 Å². The van der Waals surface area contributed by atoms with Gasteiger partial charge >= 0.3 is 97.8 Å². The largest absolute Gasteiger partial charge is 2.00 e. The van der Waals surface area contributed by atoms with Crippen molar-refractivity contribution in [3.63, 3.8) is 0 Å². The van der Waals surface area contributed by atoms with Crippen LogP contribution in [-0.4, -0.2) is 104 Å². The van der Waals surface area contributed by atoms with Crippen molar-refractivity contribution in [1.29, 1.82) is 0 Å². The van der Waals surface area contributed by atoms with E-state index in [4.69, 9.17) is 28.5 Å². The number of carbonyl (C=O) groups is 1. The van der Waals surface area contributed by atoms with Crippen molar-refractivity contribution in [1.82, 2.24) is 0 Å². The van der Waals surface area contributed by atoms with Gasteiger partial charge in [0.25, 0.3) is 0 Å². The Bertz CT molecular complexity index is 81.1. The molecule has 0 N–H and O–H groups in total. The summed E-state index contributed by atoms with van der Waals surface area (Å²) in [4.78, 5) is 8.89. The van der Waals surface area contributed by atoms with Crippen molar-refractivity contribution < 1.29 is 38.8 Å². The summed E-state index contributed by atoms with van der Waals surface area (Å²) in [6.07, 6.45) is 0. The van der Waals surface area contributed by atoms with Gasteiger partial charge in [0.2, 0.25) is 0 Å². The van der Waals surface area contributed by atoms with Gasteiger partial charge in [0, 0.05) is 5.97 Å². The molecule has 0 bridgehead atoms. The molecule has 6 nitrogen and oxygen atoms in total. The topological polar surface area (TPSA) is 132 Å². The summed E-state index contributed by atoms with van der Waals surface area (Å²) in [5.74, 6) is -1.08. The van der Waals surface area contributed by atoms with Crippen LogP contribution in [0.1, 0.15) is 6.92 Å². The van der Waals surface area contributed by atoms with Gasteiger partial charge in [0.05, 0.1) is 0 Å². The van der Waals surface area contributed by atoms with E-state index in [-0.39, 0.29) is 97.8 Å². The number of halogens is 1. The van der Waals surface area contributed by atoms with Crippen molar-refractivity contribution >= 4 is 104 Å². The summed E-state index contributed by atoms with van der Waals surface area (Å²) in [6, 6.07) is 0. The van der Waals surface area contributed by atoms with Gasteiger partial charge in [-0.3, -0.25) is 0 Å². The average molecular weight is 433 g/mol. The number of rotatable bonds is 0. The molecule has 0 aliphatic heterocycles. The molecule has 9 heteroatoms. The number of hydrogen-bond donors (Lipinski definition) is 0. The van der Waals surface area contributed by atoms with E-state index in [2.05, 4.69) is 0 Å². The molecule has 0 aromatic carbocycles. The van der Waals surface area contributed by atoms with E-state index < -0.39 is 16.2 Å². The van der Waals surface area contributed by atoms with Crippen LogP contribution in [0.5, 0.6) is 0 Å². The second-order valence-corrected chi connectivity index (χ2v) is 1.63. The fourth-order valence-electron chi connectivity index (χ4n) is 0. The maximum atomic E-state index is 8.89. The first-order valence-electron chi connectivity index (χ1n) is 1.53. The standard InChI is InChI=1S/C2H4O2.2Ba.ClHO4/c1-2(3)4;;;2-1(3,4)5/h1H3,(H,3,4);;;(H,2,3,4,5)/q;2*+2;/p-2. The number of carboxylic acids is 1. The van der Waals surface area contributed by atoms with Gasteiger partial charge in [-0.05, 0) is 6.92 Å². The first kappa shape index (κ1) is 23.5. The van der Waals surface area contributed by atoms with Crippen LogP contribution >= 0.6 is 0 Å². The third-order valence-corrected chi connectivity index (χ3v) is 0. The molecule has 56 valence electrons. The maximum absolute atomic E-state index is 8.89. The molecule has 0 amide bonds. The molecule has 11 heavy (non-hydrogen) atoms. The summed E-state index contributed by atoms with van der Waals surface area (Å²) in [5.41, 5.74) is 0. The van der Waals surface area contributed by atoms with Crippen LogP contribution in [0.2, 0.25) is 0 Å². The maximum Gasteiger partial charge on any atom is 2.00 e. The molecule has 0 aliphatic rings. The zero-order valence-electron chi connectivity index (χ0n) is 5.74. The molecule has 0 aromatic rings. The van der Waals surface area contributed by atoms with Crippen molar-refractivity contribution in [3.8, 4) is 0 Å². The zero-order chi connectivity index (χ0) is 8.08. The Morgan fingerprint density at radius 1 is 1.09 bits per heavy atom. The van der Waals surface area contributed by atoms with Gasteiger partial charge in [0.15, 0.2) is 0 Å². The van der Waals surface area contributed by atoms with E-state index in [1.54, 1.807) is 0 Å². The van der Waals surface area contributed by atoms with Gasteiger partial charge in [-0.15, -0.1) is 10.2 Å². The Balaban J connectivity index is -0.0000000383. The predicted octanol–water partition coefficient (Wildman–Crippen LogP) is -6.76. The third-order valence-electron chi connectivity index (χ3n) is 0. The van der Waals surface area contributed by atoms with Gasteiger partial charge in [-0.1, -0.05) is 0 Å². The average Bonchev–Trinajstić information content (AvgIpc) is 1.19. The molecule has 0 radical (unpaired) electrons. The first-order valence-corrected chi connectivity index (χ1v) is 2.76. The number of hydrogen-bond acceptors (Lipinski definition) is 6. The summed E-state index contributed by atoms with van der Waals surface area (Å²) in [7, 11) is -4.94.